The number of carbonyl (C=O) groups is 2. The second-order valence-electron chi connectivity index (χ2n) is 6.87. The first-order valence-corrected chi connectivity index (χ1v) is 9.57. The highest BCUT2D eigenvalue weighted by Gasteiger charge is 2.31. The number of H-pyrrole nitrogens is 1. The maximum absolute atomic E-state index is 13.0. The van der Waals surface area contributed by atoms with Gasteiger partial charge in [0.25, 0.3) is 11.8 Å². The molecule has 0 saturated heterocycles. The van der Waals surface area contributed by atoms with Crippen molar-refractivity contribution in [2.75, 3.05) is 12.4 Å². The Morgan fingerprint density at radius 1 is 0.970 bits per heavy atom. The van der Waals surface area contributed by atoms with Crippen LogP contribution in [0.4, 0.5) is 18.9 Å². The molecule has 2 aromatic heterocycles. The lowest BCUT2D eigenvalue weighted by Crippen LogP contribution is -2.18. The molecule has 0 atom stereocenters. The Bertz CT molecular complexity index is 1330. The SMILES string of the molecule is CNC(=O)c1cc(Oc2ccc(NC(=O)c3n[nH]c4ccc(C(F)(F)F)cc34)cc2)ccn1. The van der Waals surface area contributed by atoms with Gasteiger partial charge in [-0.3, -0.25) is 19.7 Å². The van der Waals surface area contributed by atoms with E-state index in [1.54, 1.807) is 30.3 Å². The van der Waals surface area contributed by atoms with Crippen LogP contribution < -0.4 is 15.4 Å². The van der Waals surface area contributed by atoms with Crippen LogP contribution in [0.2, 0.25) is 0 Å². The van der Waals surface area contributed by atoms with Gasteiger partial charge in [-0.1, -0.05) is 0 Å². The molecular formula is C22H16F3N5O3. The van der Waals surface area contributed by atoms with E-state index in [2.05, 4.69) is 25.8 Å². The fourth-order valence-electron chi connectivity index (χ4n) is 3.02. The van der Waals surface area contributed by atoms with E-state index in [4.69, 9.17) is 4.74 Å². The Morgan fingerprint density at radius 3 is 2.42 bits per heavy atom. The molecule has 2 heterocycles. The van der Waals surface area contributed by atoms with Gasteiger partial charge in [0.1, 0.15) is 17.2 Å². The van der Waals surface area contributed by atoms with Crippen LogP contribution in [0, 0.1) is 0 Å². The number of pyridine rings is 1. The maximum Gasteiger partial charge on any atom is 0.416 e. The van der Waals surface area contributed by atoms with Crippen LogP contribution in [-0.2, 0) is 6.18 Å². The second kappa shape index (κ2) is 8.61. The minimum atomic E-state index is -4.54. The number of aromatic nitrogens is 3. The van der Waals surface area contributed by atoms with Crippen LogP contribution in [0.3, 0.4) is 0 Å². The summed E-state index contributed by atoms with van der Waals surface area (Å²) in [6.07, 6.45) is -3.10. The topological polar surface area (TPSA) is 109 Å². The summed E-state index contributed by atoms with van der Waals surface area (Å²) in [5.41, 5.74) is -0.141. The lowest BCUT2D eigenvalue weighted by atomic mass is 10.1. The fourth-order valence-corrected chi connectivity index (χ4v) is 3.02. The molecule has 11 heteroatoms. The van der Waals surface area contributed by atoms with Gasteiger partial charge in [-0.2, -0.15) is 18.3 Å². The molecule has 8 nitrogen and oxygen atoms in total. The summed E-state index contributed by atoms with van der Waals surface area (Å²) in [5, 5.41) is 11.5. The lowest BCUT2D eigenvalue weighted by molar-refractivity contribution is -0.137. The number of rotatable bonds is 5. The normalized spacial score (nSPS) is 11.3. The molecule has 168 valence electrons. The molecule has 0 aliphatic rings. The van der Waals surface area contributed by atoms with E-state index < -0.39 is 17.6 Å². The molecular weight excluding hydrogens is 439 g/mol. The zero-order valence-corrected chi connectivity index (χ0v) is 17.0. The van der Waals surface area contributed by atoms with Crippen molar-refractivity contribution in [1.82, 2.24) is 20.5 Å². The van der Waals surface area contributed by atoms with Crippen LogP contribution >= 0.6 is 0 Å². The average molecular weight is 455 g/mol. The number of benzene rings is 2. The number of carbonyl (C=O) groups excluding carboxylic acids is 2. The van der Waals surface area contributed by atoms with Gasteiger partial charge in [-0.15, -0.1) is 0 Å². The number of alkyl halides is 3. The molecule has 2 aromatic carbocycles. The van der Waals surface area contributed by atoms with Crippen molar-refractivity contribution in [2.45, 2.75) is 6.18 Å². The van der Waals surface area contributed by atoms with Crippen molar-refractivity contribution in [3.05, 3.63) is 77.7 Å². The summed E-state index contributed by atoms with van der Waals surface area (Å²) in [6, 6.07) is 12.4. The predicted molar refractivity (Wildman–Crippen MR) is 113 cm³/mol. The highest BCUT2D eigenvalue weighted by molar-refractivity contribution is 6.11. The summed E-state index contributed by atoms with van der Waals surface area (Å²) in [5.74, 6) is -0.198. The Morgan fingerprint density at radius 2 is 1.73 bits per heavy atom. The number of nitrogens with zero attached hydrogens (tertiary/aromatic N) is 2. The molecule has 0 fully saturated rings. The molecule has 4 aromatic rings. The number of fused-ring (bicyclic) bond motifs is 1. The molecule has 4 rings (SSSR count). The van der Waals surface area contributed by atoms with Gasteiger partial charge in [0.2, 0.25) is 0 Å². The quantitative estimate of drug-likeness (QED) is 0.414. The van der Waals surface area contributed by atoms with Crippen LogP contribution in [0.1, 0.15) is 26.5 Å². The summed E-state index contributed by atoms with van der Waals surface area (Å²) in [6.45, 7) is 0. The molecule has 2 amide bonds. The lowest BCUT2D eigenvalue weighted by Gasteiger charge is -2.09. The van der Waals surface area contributed by atoms with Crippen molar-refractivity contribution in [3.8, 4) is 11.5 Å². The molecule has 0 radical (unpaired) electrons. The number of aromatic amines is 1. The van der Waals surface area contributed by atoms with Crippen molar-refractivity contribution in [2.24, 2.45) is 0 Å². The third-order valence-electron chi connectivity index (χ3n) is 4.64. The van der Waals surface area contributed by atoms with Crippen LogP contribution in [-0.4, -0.2) is 34.0 Å². The van der Waals surface area contributed by atoms with Gasteiger partial charge in [-0.25, -0.2) is 0 Å². The van der Waals surface area contributed by atoms with E-state index in [0.717, 1.165) is 12.1 Å². The Balaban J connectivity index is 1.48. The van der Waals surface area contributed by atoms with Crippen LogP contribution in [0.15, 0.2) is 60.8 Å². The van der Waals surface area contributed by atoms with Gasteiger partial charge in [0.15, 0.2) is 5.69 Å². The number of halogens is 3. The van der Waals surface area contributed by atoms with Gasteiger partial charge in [0.05, 0.1) is 11.1 Å². The first kappa shape index (κ1) is 21.8. The van der Waals surface area contributed by atoms with E-state index in [-0.39, 0.29) is 22.7 Å². The summed E-state index contributed by atoms with van der Waals surface area (Å²) in [7, 11) is 1.49. The molecule has 0 bridgehead atoms. The van der Waals surface area contributed by atoms with E-state index in [1.807, 2.05) is 0 Å². The molecule has 0 spiro atoms. The first-order valence-electron chi connectivity index (χ1n) is 9.57. The summed E-state index contributed by atoms with van der Waals surface area (Å²) < 4.78 is 44.7. The maximum atomic E-state index is 13.0. The molecule has 0 saturated carbocycles. The highest BCUT2D eigenvalue weighted by atomic mass is 19.4. The van der Waals surface area contributed by atoms with Crippen molar-refractivity contribution in [3.63, 3.8) is 0 Å². The minimum absolute atomic E-state index is 0.0619. The third kappa shape index (κ3) is 4.76. The van der Waals surface area contributed by atoms with Gasteiger partial charge >= 0.3 is 6.18 Å². The van der Waals surface area contributed by atoms with Gasteiger partial charge in [0, 0.05) is 30.4 Å². The number of hydrogen-bond acceptors (Lipinski definition) is 5. The highest BCUT2D eigenvalue weighted by Crippen LogP contribution is 2.32. The van der Waals surface area contributed by atoms with Crippen molar-refractivity contribution in [1.29, 1.82) is 0 Å². The van der Waals surface area contributed by atoms with Crippen LogP contribution in [0.25, 0.3) is 10.9 Å². The Hall–Kier alpha value is -4.41. The second-order valence-corrected chi connectivity index (χ2v) is 6.87. The van der Waals surface area contributed by atoms with Crippen molar-refractivity contribution < 1.29 is 27.5 Å². The van der Waals surface area contributed by atoms with E-state index in [9.17, 15) is 22.8 Å². The Kier molecular flexibility index (Phi) is 5.69. The van der Waals surface area contributed by atoms with Gasteiger partial charge in [-0.05, 0) is 48.5 Å². The summed E-state index contributed by atoms with van der Waals surface area (Å²) >= 11 is 0. The standard InChI is InChI=1S/C22H16F3N5O3/c1-26-20(31)18-11-15(8-9-27-18)33-14-5-3-13(4-6-14)28-21(32)19-16-10-12(22(23,24)25)2-7-17(16)29-30-19/h2-11H,1H3,(H,26,31)(H,28,32)(H,29,30). The number of ether oxygens (including phenoxy) is 1. The van der Waals surface area contributed by atoms with E-state index in [1.165, 1.54) is 25.4 Å². The predicted octanol–water partition coefficient (Wildman–Crippen LogP) is 4.38. The average Bonchev–Trinajstić information content (AvgIpc) is 3.23. The smallest absolute Gasteiger partial charge is 0.416 e. The van der Waals surface area contributed by atoms with Crippen LogP contribution in [0.5, 0.6) is 11.5 Å². The monoisotopic (exact) mass is 455 g/mol. The number of anilines is 1. The summed E-state index contributed by atoms with van der Waals surface area (Å²) in [4.78, 5) is 28.2. The van der Waals surface area contributed by atoms with E-state index >= 15 is 0 Å². The largest absolute Gasteiger partial charge is 0.457 e. The fraction of sp³-hybridized carbons (Fsp3) is 0.0909. The third-order valence-corrected chi connectivity index (χ3v) is 4.64. The number of nitrogens with one attached hydrogen (secondary N) is 3. The zero-order valence-electron chi connectivity index (χ0n) is 17.0. The van der Waals surface area contributed by atoms with E-state index in [0.29, 0.717) is 22.7 Å². The molecule has 0 unspecified atom stereocenters. The first-order chi connectivity index (χ1) is 15.7. The molecule has 0 aliphatic heterocycles. The zero-order chi connectivity index (χ0) is 23.6. The number of hydrogen-bond donors (Lipinski definition) is 3. The number of amides is 2. The molecule has 33 heavy (non-hydrogen) atoms. The Labute approximate surface area is 184 Å². The van der Waals surface area contributed by atoms with Crippen molar-refractivity contribution >= 4 is 28.4 Å². The molecule has 0 aliphatic carbocycles. The molecule has 3 N–H and O–H groups in total. The minimum Gasteiger partial charge on any atom is -0.457 e. The van der Waals surface area contributed by atoms with Gasteiger partial charge < -0.3 is 15.4 Å².